The van der Waals surface area contributed by atoms with Crippen LogP contribution in [-0.2, 0) is 25.0 Å². The summed E-state index contributed by atoms with van der Waals surface area (Å²) in [5.41, 5.74) is 5.10. The van der Waals surface area contributed by atoms with Crippen LogP contribution >= 0.6 is 24.8 Å². The van der Waals surface area contributed by atoms with E-state index in [2.05, 4.69) is 48.5 Å². The Bertz CT molecular complexity index is 660. The van der Waals surface area contributed by atoms with Crippen molar-refractivity contribution in [3.63, 3.8) is 0 Å². The van der Waals surface area contributed by atoms with E-state index in [1.807, 2.05) is 6.07 Å². The van der Waals surface area contributed by atoms with E-state index >= 15 is 0 Å². The van der Waals surface area contributed by atoms with E-state index in [0.717, 1.165) is 5.56 Å². The van der Waals surface area contributed by atoms with Crippen LogP contribution in [-0.4, -0.2) is 0 Å². The minimum atomic E-state index is -0.734. The van der Waals surface area contributed by atoms with Gasteiger partial charge in [0.2, 0.25) is 0 Å². The Kier molecular flexibility index (Phi) is 8.79. The Morgan fingerprint density at radius 1 is 1.00 bits per heavy atom. The van der Waals surface area contributed by atoms with E-state index < -0.39 is 19.5 Å². The average molecular weight is 409 g/mol. The van der Waals surface area contributed by atoms with Gasteiger partial charge in [-0.15, -0.1) is 24.8 Å². The molecule has 0 amide bonds. The molecule has 0 radical (unpaired) electrons. The first-order valence-electron chi connectivity index (χ1n) is 7.73. The number of hydrogen-bond donors (Lipinski definition) is 0. The fourth-order valence-corrected chi connectivity index (χ4v) is 4.38. The molecule has 1 unspecified atom stereocenters. The monoisotopic (exact) mass is 408 g/mol. The van der Waals surface area contributed by atoms with Gasteiger partial charge in [-0.05, 0) is 0 Å². The van der Waals surface area contributed by atoms with Gasteiger partial charge in [0.15, 0.2) is 0 Å². The summed E-state index contributed by atoms with van der Waals surface area (Å²) in [6.07, 6.45) is 0. The van der Waals surface area contributed by atoms with Crippen molar-refractivity contribution in [1.82, 2.24) is 0 Å². The molecule has 1 aliphatic rings. The van der Waals surface area contributed by atoms with Crippen LogP contribution in [0.3, 0.4) is 0 Å². The van der Waals surface area contributed by atoms with Crippen LogP contribution in [0.5, 0.6) is 5.75 Å². The molecule has 0 aromatic heterocycles. The van der Waals surface area contributed by atoms with Gasteiger partial charge in [0, 0.05) is 0 Å². The van der Waals surface area contributed by atoms with Crippen LogP contribution in [0.1, 0.15) is 54.0 Å². The first kappa shape index (κ1) is 23.7. The zero-order valence-corrected chi connectivity index (χ0v) is 18.6. The van der Waals surface area contributed by atoms with Crippen LogP contribution < -0.4 is 3.32 Å². The predicted octanol–water partition coefficient (Wildman–Crippen LogP) is 6.60. The summed E-state index contributed by atoms with van der Waals surface area (Å²) in [5.74, 6) is 0.917. The molecule has 2 rings (SSSR count). The molecular weight excluding hydrogens is 382 g/mol. The summed E-state index contributed by atoms with van der Waals surface area (Å²) in [4.78, 5) is 0. The Morgan fingerprint density at radius 3 is 2.04 bits per heavy atom. The van der Waals surface area contributed by atoms with Gasteiger partial charge in [0.1, 0.15) is 0 Å². The van der Waals surface area contributed by atoms with Crippen LogP contribution in [0.25, 0.3) is 0 Å². The van der Waals surface area contributed by atoms with Crippen molar-refractivity contribution < 1.29 is 27.3 Å². The Morgan fingerprint density at radius 2 is 1.58 bits per heavy atom. The van der Waals surface area contributed by atoms with Gasteiger partial charge >= 0.3 is 143 Å². The SMILES string of the molecule is CC1=C(C)C(C)[C]([Ti][O]c2cc(F)cc(C(C)(C)C)c2)=C1C.Cl.Cl. The normalized spacial score (nSPS) is 17.4. The molecule has 24 heavy (non-hydrogen) atoms. The summed E-state index contributed by atoms with van der Waals surface area (Å²) >= 11 is -0.734. The zero-order valence-electron chi connectivity index (χ0n) is 15.4. The molecule has 1 nitrogen and oxygen atoms in total. The quantitative estimate of drug-likeness (QED) is 0.511. The van der Waals surface area contributed by atoms with Gasteiger partial charge in [0.05, 0.1) is 0 Å². The van der Waals surface area contributed by atoms with E-state index in [9.17, 15) is 4.39 Å². The molecule has 0 bridgehead atoms. The number of halogens is 3. The smallest absolute Gasteiger partial charge is 0.147 e. The summed E-state index contributed by atoms with van der Waals surface area (Å²) in [6.45, 7) is 15.1. The molecule has 1 aromatic rings. The second-order valence-corrected chi connectivity index (χ2v) is 8.68. The first-order chi connectivity index (χ1) is 10.1. The third-order valence-electron chi connectivity index (χ3n) is 4.66. The maximum absolute atomic E-state index is 13.8. The third-order valence-corrected chi connectivity index (χ3v) is 6.79. The predicted molar refractivity (Wildman–Crippen MR) is 100 cm³/mol. The molecule has 1 aromatic carbocycles. The largest absolute Gasteiger partial charge is 0.147 e. The minimum absolute atomic E-state index is 0. The Balaban J connectivity index is 0.00000264. The number of allylic oxidation sites excluding steroid dienone is 4. The maximum atomic E-state index is 13.8. The van der Waals surface area contributed by atoms with Crippen molar-refractivity contribution in [3.05, 3.63) is 50.2 Å². The number of rotatable bonds is 3. The molecule has 0 fully saturated rings. The van der Waals surface area contributed by atoms with Gasteiger partial charge in [-0.3, -0.25) is 0 Å². The summed E-state index contributed by atoms with van der Waals surface area (Å²) in [7, 11) is 0. The van der Waals surface area contributed by atoms with Gasteiger partial charge in [-0.2, -0.15) is 0 Å². The fourth-order valence-electron chi connectivity index (χ4n) is 2.70. The molecule has 0 saturated carbocycles. The first-order valence-corrected chi connectivity index (χ1v) is 9.15. The van der Waals surface area contributed by atoms with Crippen molar-refractivity contribution in [3.8, 4) is 5.75 Å². The zero-order chi connectivity index (χ0) is 16.7. The van der Waals surface area contributed by atoms with Crippen molar-refractivity contribution in [2.45, 2.75) is 53.9 Å². The van der Waals surface area contributed by atoms with E-state index in [0.29, 0.717) is 11.7 Å². The summed E-state index contributed by atoms with van der Waals surface area (Å²) in [6, 6.07) is 5.09. The van der Waals surface area contributed by atoms with E-state index in [4.69, 9.17) is 3.32 Å². The van der Waals surface area contributed by atoms with E-state index in [-0.39, 0.29) is 36.0 Å². The Hall–Kier alpha value is -0.276. The van der Waals surface area contributed by atoms with Crippen molar-refractivity contribution in [2.24, 2.45) is 5.92 Å². The van der Waals surface area contributed by atoms with Crippen LogP contribution in [0.2, 0.25) is 0 Å². The van der Waals surface area contributed by atoms with Gasteiger partial charge < -0.3 is 0 Å². The molecular formula is C19H27Cl2FOTi. The summed E-state index contributed by atoms with van der Waals surface area (Å²) < 4.78 is 21.3. The third kappa shape index (κ3) is 5.11. The number of hydrogen-bond acceptors (Lipinski definition) is 1. The molecule has 5 heteroatoms. The average Bonchev–Trinajstić information content (AvgIpc) is 2.60. The number of benzene rings is 1. The van der Waals surface area contributed by atoms with Crippen molar-refractivity contribution in [1.29, 1.82) is 0 Å². The second kappa shape index (κ2) is 8.89. The molecule has 0 aliphatic heterocycles. The fraction of sp³-hybridized carbons (Fsp3) is 0.474. The Labute approximate surface area is 167 Å². The molecule has 0 heterocycles. The standard InChI is InChI=1S/C10H13FO.C9H13.2ClH.Ti/c1-10(2,3)7-4-8(11)6-9(12)5-7;1-6-5-7(2)9(4)8(6)3;;;/h4-6,12H,1-3H3;6H,1-4H3;2*1H;/q;;;;+1/p-1. The maximum Gasteiger partial charge on any atom is -0.147 e. The molecule has 1 atom stereocenters. The molecule has 0 spiro atoms. The molecule has 0 N–H and O–H groups in total. The topological polar surface area (TPSA) is 9.23 Å². The molecule has 1 aliphatic carbocycles. The van der Waals surface area contributed by atoms with Crippen LogP contribution in [0.4, 0.5) is 4.39 Å². The van der Waals surface area contributed by atoms with Crippen molar-refractivity contribution in [2.75, 3.05) is 0 Å². The van der Waals surface area contributed by atoms with Gasteiger partial charge in [-0.25, -0.2) is 0 Å². The van der Waals surface area contributed by atoms with E-state index in [1.165, 1.54) is 26.7 Å². The van der Waals surface area contributed by atoms with E-state index in [1.54, 1.807) is 6.07 Å². The minimum Gasteiger partial charge on any atom is -0.147 e. The van der Waals surface area contributed by atoms with Crippen molar-refractivity contribution >= 4 is 24.8 Å². The second-order valence-electron chi connectivity index (χ2n) is 7.20. The van der Waals surface area contributed by atoms with Gasteiger partial charge in [-0.1, -0.05) is 0 Å². The summed E-state index contributed by atoms with van der Waals surface area (Å²) in [5, 5.41) is 0. The van der Waals surface area contributed by atoms with Crippen LogP contribution in [0, 0.1) is 11.7 Å². The van der Waals surface area contributed by atoms with Gasteiger partial charge in [0.25, 0.3) is 0 Å². The van der Waals surface area contributed by atoms with Crippen LogP contribution in [0.15, 0.2) is 38.8 Å². The molecule has 134 valence electrons. The molecule has 0 saturated heterocycles.